The minimum absolute atomic E-state index is 0.0754. The van der Waals surface area contributed by atoms with Crippen LogP contribution in [-0.2, 0) is 23.9 Å². The van der Waals surface area contributed by atoms with Crippen LogP contribution in [0.4, 0.5) is 0 Å². The van der Waals surface area contributed by atoms with Crippen molar-refractivity contribution in [2.24, 2.45) is 17.3 Å². The van der Waals surface area contributed by atoms with Gasteiger partial charge in [0.25, 0.3) is 0 Å². The van der Waals surface area contributed by atoms with Crippen LogP contribution in [0.1, 0.15) is 51.4 Å². The SMILES string of the molecule is COC(=O)C1(C(=O)OC)CC2=C(C1)[C@@H]1CCC[C@H]1C(=O)CCC2. The molecule has 5 nitrogen and oxygen atoms in total. The predicted molar refractivity (Wildman–Crippen MR) is 82.4 cm³/mol. The molecule has 0 unspecified atom stereocenters. The molecule has 0 aromatic carbocycles. The van der Waals surface area contributed by atoms with E-state index < -0.39 is 17.4 Å². The van der Waals surface area contributed by atoms with E-state index in [1.165, 1.54) is 19.8 Å². The Kier molecular flexibility index (Phi) is 4.30. The zero-order valence-corrected chi connectivity index (χ0v) is 13.9. The molecule has 0 aromatic heterocycles. The molecule has 0 N–H and O–H groups in total. The Morgan fingerprint density at radius 3 is 2.26 bits per heavy atom. The highest BCUT2D eigenvalue weighted by molar-refractivity contribution is 6.01. The molecule has 3 aliphatic carbocycles. The molecule has 5 heteroatoms. The number of hydrogen-bond donors (Lipinski definition) is 0. The van der Waals surface area contributed by atoms with Gasteiger partial charge in [0.15, 0.2) is 5.41 Å². The molecule has 0 aromatic rings. The van der Waals surface area contributed by atoms with Gasteiger partial charge in [0.1, 0.15) is 5.78 Å². The summed E-state index contributed by atoms with van der Waals surface area (Å²) in [7, 11) is 2.62. The van der Waals surface area contributed by atoms with Gasteiger partial charge in [-0.3, -0.25) is 14.4 Å². The predicted octanol–water partition coefficient (Wildman–Crippen LogP) is 2.58. The highest BCUT2D eigenvalue weighted by Crippen LogP contribution is 2.53. The zero-order valence-electron chi connectivity index (χ0n) is 13.9. The zero-order chi connectivity index (χ0) is 16.6. The quantitative estimate of drug-likeness (QED) is 0.444. The van der Waals surface area contributed by atoms with Gasteiger partial charge >= 0.3 is 11.9 Å². The molecular formula is C18H24O5. The van der Waals surface area contributed by atoms with Crippen LogP contribution in [0.3, 0.4) is 0 Å². The van der Waals surface area contributed by atoms with Gasteiger partial charge in [-0.05, 0) is 44.4 Å². The number of allylic oxidation sites excluding steroid dienone is 2. The van der Waals surface area contributed by atoms with Crippen molar-refractivity contribution >= 4 is 17.7 Å². The molecule has 0 saturated heterocycles. The van der Waals surface area contributed by atoms with E-state index in [1.807, 2.05) is 0 Å². The van der Waals surface area contributed by atoms with Gasteiger partial charge in [-0.15, -0.1) is 0 Å². The lowest BCUT2D eigenvalue weighted by molar-refractivity contribution is -0.168. The summed E-state index contributed by atoms with van der Waals surface area (Å²) >= 11 is 0. The molecule has 0 heterocycles. The summed E-state index contributed by atoms with van der Waals surface area (Å²) in [5.41, 5.74) is 1.11. The van der Waals surface area contributed by atoms with E-state index >= 15 is 0 Å². The molecule has 1 fully saturated rings. The summed E-state index contributed by atoms with van der Waals surface area (Å²) in [6.07, 6.45) is 5.91. The Hall–Kier alpha value is -1.65. The Bertz CT molecular complexity index is 558. The highest BCUT2D eigenvalue weighted by Gasteiger charge is 2.55. The van der Waals surface area contributed by atoms with Crippen LogP contribution in [0.2, 0.25) is 0 Å². The van der Waals surface area contributed by atoms with Crippen molar-refractivity contribution in [3.63, 3.8) is 0 Å². The second kappa shape index (κ2) is 6.10. The molecule has 0 radical (unpaired) electrons. The van der Waals surface area contributed by atoms with E-state index in [-0.39, 0.29) is 11.8 Å². The number of ether oxygens (including phenoxy) is 2. The number of rotatable bonds is 2. The summed E-state index contributed by atoms with van der Waals surface area (Å²) in [5, 5.41) is 0. The van der Waals surface area contributed by atoms with Gasteiger partial charge in [-0.1, -0.05) is 17.6 Å². The van der Waals surface area contributed by atoms with Gasteiger partial charge in [0.2, 0.25) is 0 Å². The van der Waals surface area contributed by atoms with Crippen molar-refractivity contribution in [3.8, 4) is 0 Å². The molecule has 23 heavy (non-hydrogen) atoms. The van der Waals surface area contributed by atoms with E-state index in [1.54, 1.807) is 0 Å². The van der Waals surface area contributed by atoms with Crippen LogP contribution in [0, 0.1) is 17.3 Å². The summed E-state index contributed by atoms with van der Waals surface area (Å²) in [4.78, 5) is 37.2. The fraction of sp³-hybridized carbons (Fsp3) is 0.722. The summed E-state index contributed by atoms with van der Waals surface area (Å²) in [5.74, 6) is -0.401. The van der Waals surface area contributed by atoms with Crippen LogP contribution in [0.5, 0.6) is 0 Å². The molecule has 3 rings (SSSR count). The molecule has 0 aliphatic heterocycles. The van der Waals surface area contributed by atoms with Crippen molar-refractivity contribution in [2.45, 2.75) is 51.4 Å². The minimum Gasteiger partial charge on any atom is -0.468 e. The van der Waals surface area contributed by atoms with Crippen LogP contribution in [0.25, 0.3) is 0 Å². The number of methoxy groups -OCH3 is 2. The average Bonchev–Trinajstić information content (AvgIpc) is 3.17. The third kappa shape index (κ3) is 2.50. The van der Waals surface area contributed by atoms with Gasteiger partial charge in [0.05, 0.1) is 14.2 Å². The Morgan fingerprint density at radius 2 is 1.61 bits per heavy atom. The normalized spacial score (nSPS) is 29.4. The highest BCUT2D eigenvalue weighted by atomic mass is 16.5. The number of carbonyl (C=O) groups excluding carboxylic acids is 3. The Morgan fingerprint density at radius 1 is 0.957 bits per heavy atom. The number of Topliss-reactive ketones (excluding diaryl/α,β-unsaturated/α-hetero) is 1. The van der Waals surface area contributed by atoms with E-state index in [4.69, 9.17) is 9.47 Å². The standard InChI is InChI=1S/C18H24O5/c1-22-16(20)18(17(21)23-2)9-11-5-3-8-15(19)13-7-4-6-12(13)14(11)10-18/h12-13H,3-10H2,1-2H3/t12-,13-/m1/s1. The Balaban J connectivity index is 1.97. The number of esters is 2. The third-order valence-electron chi connectivity index (χ3n) is 5.89. The summed E-state index contributed by atoms with van der Waals surface area (Å²) in [6.45, 7) is 0. The molecule has 3 aliphatic rings. The fourth-order valence-electron chi connectivity index (χ4n) is 4.82. The first kappa shape index (κ1) is 16.2. The second-order valence-corrected chi connectivity index (χ2v) is 7.01. The number of ketones is 1. The molecule has 1 saturated carbocycles. The minimum atomic E-state index is -1.24. The molecule has 0 bridgehead atoms. The van der Waals surface area contributed by atoms with Crippen molar-refractivity contribution < 1.29 is 23.9 Å². The van der Waals surface area contributed by atoms with E-state index in [9.17, 15) is 14.4 Å². The maximum absolute atomic E-state index is 12.4. The second-order valence-electron chi connectivity index (χ2n) is 7.01. The van der Waals surface area contributed by atoms with Crippen LogP contribution >= 0.6 is 0 Å². The lowest BCUT2D eigenvalue weighted by atomic mass is 9.78. The van der Waals surface area contributed by atoms with Crippen molar-refractivity contribution in [1.29, 1.82) is 0 Å². The first-order valence-corrected chi connectivity index (χ1v) is 8.44. The molecule has 0 amide bonds. The topological polar surface area (TPSA) is 69.7 Å². The monoisotopic (exact) mass is 320 g/mol. The van der Waals surface area contributed by atoms with Crippen LogP contribution in [0.15, 0.2) is 11.1 Å². The first-order chi connectivity index (χ1) is 11.0. The van der Waals surface area contributed by atoms with E-state index in [0.29, 0.717) is 25.0 Å². The fourth-order valence-corrected chi connectivity index (χ4v) is 4.82. The van der Waals surface area contributed by atoms with Gasteiger partial charge in [-0.2, -0.15) is 0 Å². The first-order valence-electron chi connectivity index (χ1n) is 8.44. The molecular weight excluding hydrogens is 296 g/mol. The Labute approximate surface area is 136 Å². The number of carbonyl (C=O) groups is 3. The summed E-state index contributed by atoms with van der Waals surface area (Å²) in [6, 6.07) is 0. The summed E-state index contributed by atoms with van der Waals surface area (Å²) < 4.78 is 9.86. The largest absolute Gasteiger partial charge is 0.468 e. The maximum Gasteiger partial charge on any atom is 0.323 e. The van der Waals surface area contributed by atoms with E-state index in [2.05, 4.69) is 0 Å². The van der Waals surface area contributed by atoms with Crippen molar-refractivity contribution in [1.82, 2.24) is 0 Å². The number of fused-ring (bicyclic) bond motifs is 2. The smallest absolute Gasteiger partial charge is 0.323 e. The third-order valence-corrected chi connectivity index (χ3v) is 5.89. The van der Waals surface area contributed by atoms with Crippen molar-refractivity contribution in [3.05, 3.63) is 11.1 Å². The lowest BCUT2D eigenvalue weighted by Gasteiger charge is -2.26. The molecule has 0 spiro atoms. The van der Waals surface area contributed by atoms with Gasteiger partial charge in [0, 0.05) is 12.3 Å². The average molecular weight is 320 g/mol. The van der Waals surface area contributed by atoms with E-state index in [0.717, 1.165) is 37.7 Å². The molecule has 2 atom stereocenters. The van der Waals surface area contributed by atoms with Gasteiger partial charge in [-0.25, -0.2) is 0 Å². The maximum atomic E-state index is 12.4. The number of hydrogen-bond acceptors (Lipinski definition) is 5. The van der Waals surface area contributed by atoms with Crippen molar-refractivity contribution in [2.75, 3.05) is 14.2 Å². The lowest BCUT2D eigenvalue weighted by Crippen LogP contribution is -2.40. The van der Waals surface area contributed by atoms with Gasteiger partial charge < -0.3 is 9.47 Å². The van der Waals surface area contributed by atoms with Crippen LogP contribution < -0.4 is 0 Å². The van der Waals surface area contributed by atoms with Crippen LogP contribution in [-0.4, -0.2) is 31.9 Å². The molecule has 126 valence electrons.